The molecule has 18 heavy (non-hydrogen) atoms. The highest BCUT2D eigenvalue weighted by Crippen LogP contribution is 2.23. The first kappa shape index (κ1) is 14.6. The quantitative estimate of drug-likeness (QED) is 0.441. The maximum Gasteiger partial charge on any atom is 0.568 e. The van der Waals surface area contributed by atoms with Crippen molar-refractivity contribution in [1.29, 1.82) is 0 Å². The number of para-hydroxylation sites is 1. The van der Waals surface area contributed by atoms with Gasteiger partial charge in [0, 0.05) is 0 Å². The maximum absolute atomic E-state index is 11.1. The summed E-state index contributed by atoms with van der Waals surface area (Å²) in [6.07, 6.45) is 0. The topological polar surface area (TPSA) is 84.9 Å². The maximum atomic E-state index is 11.1. The summed E-state index contributed by atoms with van der Waals surface area (Å²) >= 11 is 0. The lowest BCUT2D eigenvalue weighted by Gasteiger charge is -2.09. The Morgan fingerprint density at radius 2 is 2.11 bits per heavy atom. The van der Waals surface area contributed by atoms with Crippen LogP contribution in [0.25, 0.3) is 0 Å². The molecule has 0 aliphatic heterocycles. The van der Waals surface area contributed by atoms with Crippen molar-refractivity contribution < 1.29 is 23.7 Å². The molecule has 6 nitrogen and oxygen atoms in total. The molecule has 0 aliphatic rings. The van der Waals surface area contributed by atoms with Gasteiger partial charge in [-0.2, -0.15) is 4.89 Å². The molecule has 2 N–H and O–H groups in total. The lowest BCUT2D eigenvalue weighted by Crippen LogP contribution is -2.36. The van der Waals surface area contributed by atoms with Crippen LogP contribution in [-0.2, 0) is 14.1 Å². The van der Waals surface area contributed by atoms with Gasteiger partial charge in [0.1, 0.15) is 12.3 Å². The Labute approximate surface area is 106 Å². The SMILES string of the molecule is CCOC(=O)CNC(Oc1ccccc1)[P+](=O)O. The Balaban J connectivity index is 2.51. The van der Waals surface area contributed by atoms with E-state index in [1.54, 1.807) is 37.3 Å². The van der Waals surface area contributed by atoms with Crippen molar-refractivity contribution in [2.45, 2.75) is 12.9 Å². The summed E-state index contributed by atoms with van der Waals surface area (Å²) in [6, 6.07) is 8.58. The normalized spacial score (nSPS) is 12.7. The van der Waals surface area contributed by atoms with Gasteiger partial charge in [0.05, 0.1) is 6.61 Å². The Bertz CT molecular complexity index is 398. The Hall–Kier alpha value is -1.49. The van der Waals surface area contributed by atoms with Gasteiger partial charge >= 0.3 is 20.0 Å². The first-order valence-corrected chi connectivity index (χ1v) is 6.67. The van der Waals surface area contributed by atoms with E-state index in [9.17, 15) is 9.36 Å². The van der Waals surface area contributed by atoms with Gasteiger partial charge in [-0.1, -0.05) is 18.2 Å². The number of carbonyl (C=O) groups is 1. The molecule has 1 rings (SSSR count). The average Bonchev–Trinajstić information content (AvgIpc) is 2.35. The minimum absolute atomic E-state index is 0.188. The molecule has 1 aromatic carbocycles. The first-order valence-electron chi connectivity index (χ1n) is 5.39. The number of carbonyl (C=O) groups excluding carboxylic acids is 1. The fourth-order valence-corrected chi connectivity index (χ4v) is 1.63. The van der Waals surface area contributed by atoms with E-state index in [2.05, 4.69) is 10.1 Å². The van der Waals surface area contributed by atoms with Gasteiger partial charge in [-0.05, 0) is 23.6 Å². The molecule has 7 heteroatoms. The van der Waals surface area contributed by atoms with Crippen molar-refractivity contribution in [1.82, 2.24) is 5.32 Å². The van der Waals surface area contributed by atoms with Crippen LogP contribution in [0.1, 0.15) is 6.92 Å². The van der Waals surface area contributed by atoms with Crippen LogP contribution in [0.2, 0.25) is 0 Å². The van der Waals surface area contributed by atoms with Gasteiger partial charge < -0.3 is 9.47 Å². The fourth-order valence-electron chi connectivity index (χ4n) is 1.18. The van der Waals surface area contributed by atoms with E-state index in [0.717, 1.165) is 0 Å². The summed E-state index contributed by atoms with van der Waals surface area (Å²) in [5.41, 5.74) is 0. The summed E-state index contributed by atoms with van der Waals surface area (Å²) in [5, 5.41) is 2.52. The molecule has 0 saturated heterocycles. The third kappa shape index (κ3) is 5.23. The largest absolute Gasteiger partial charge is 0.568 e. The molecule has 0 bridgehead atoms. The van der Waals surface area contributed by atoms with Gasteiger partial charge in [0.2, 0.25) is 0 Å². The smallest absolute Gasteiger partial charge is 0.465 e. The molecular formula is C11H15NO5P+. The predicted molar refractivity (Wildman–Crippen MR) is 65.3 cm³/mol. The van der Waals surface area contributed by atoms with Crippen LogP contribution in [0, 0.1) is 0 Å². The van der Waals surface area contributed by atoms with Crippen LogP contribution >= 0.6 is 8.03 Å². The van der Waals surface area contributed by atoms with Gasteiger partial charge in [0.15, 0.2) is 0 Å². The lowest BCUT2D eigenvalue weighted by molar-refractivity contribution is -0.142. The molecule has 0 fully saturated rings. The van der Waals surface area contributed by atoms with Crippen molar-refractivity contribution >= 4 is 14.0 Å². The summed E-state index contributed by atoms with van der Waals surface area (Å²) in [6.45, 7) is 1.76. The van der Waals surface area contributed by atoms with Crippen molar-refractivity contribution in [2.24, 2.45) is 0 Å². The molecular weight excluding hydrogens is 257 g/mol. The number of esters is 1. The molecule has 0 aliphatic carbocycles. The number of benzene rings is 1. The van der Waals surface area contributed by atoms with Crippen molar-refractivity contribution in [2.75, 3.05) is 13.2 Å². The van der Waals surface area contributed by atoms with Crippen LogP contribution < -0.4 is 10.1 Å². The van der Waals surface area contributed by atoms with E-state index in [-0.39, 0.29) is 13.2 Å². The van der Waals surface area contributed by atoms with Crippen LogP contribution in [0.3, 0.4) is 0 Å². The molecule has 1 aromatic rings. The highest BCUT2D eigenvalue weighted by atomic mass is 31.1. The monoisotopic (exact) mass is 272 g/mol. The van der Waals surface area contributed by atoms with Crippen LogP contribution in [0.15, 0.2) is 30.3 Å². The fraction of sp³-hybridized carbons (Fsp3) is 0.364. The molecule has 0 heterocycles. The molecule has 0 amide bonds. The van der Waals surface area contributed by atoms with Crippen molar-refractivity contribution in [3.05, 3.63) is 30.3 Å². The lowest BCUT2D eigenvalue weighted by atomic mass is 10.3. The zero-order valence-corrected chi connectivity index (χ0v) is 10.8. The van der Waals surface area contributed by atoms with E-state index in [4.69, 9.17) is 9.63 Å². The highest BCUT2D eigenvalue weighted by Gasteiger charge is 2.31. The zero-order chi connectivity index (χ0) is 13.4. The third-order valence-electron chi connectivity index (χ3n) is 1.92. The van der Waals surface area contributed by atoms with Crippen LogP contribution in [-0.4, -0.2) is 30.0 Å². The highest BCUT2D eigenvalue weighted by molar-refractivity contribution is 7.38. The summed E-state index contributed by atoms with van der Waals surface area (Å²) in [4.78, 5) is 20.2. The van der Waals surface area contributed by atoms with E-state index in [1.807, 2.05) is 0 Å². The molecule has 0 aromatic heterocycles. The van der Waals surface area contributed by atoms with E-state index < -0.39 is 20.0 Å². The van der Waals surface area contributed by atoms with E-state index in [1.165, 1.54) is 0 Å². The second kappa shape index (κ2) is 7.76. The molecule has 0 saturated carbocycles. The number of ether oxygens (including phenoxy) is 2. The summed E-state index contributed by atoms with van der Waals surface area (Å²) in [7, 11) is -2.62. The number of hydrogen-bond acceptors (Lipinski definition) is 5. The molecule has 2 atom stereocenters. The second-order valence-corrected chi connectivity index (χ2v) is 4.35. The first-order chi connectivity index (χ1) is 8.63. The summed E-state index contributed by atoms with van der Waals surface area (Å²) in [5.74, 6) is -1.21. The number of nitrogens with one attached hydrogen (secondary N) is 1. The molecule has 2 unspecified atom stereocenters. The number of hydrogen-bond donors (Lipinski definition) is 2. The molecule has 0 spiro atoms. The zero-order valence-electron chi connectivity index (χ0n) is 9.91. The summed E-state index contributed by atoms with van der Waals surface area (Å²) < 4.78 is 21.0. The van der Waals surface area contributed by atoms with Gasteiger partial charge in [-0.3, -0.25) is 4.79 Å². The number of rotatable bonds is 7. The Kier molecular flexibility index (Phi) is 6.28. The van der Waals surface area contributed by atoms with Crippen molar-refractivity contribution in [3.8, 4) is 5.75 Å². The van der Waals surface area contributed by atoms with E-state index >= 15 is 0 Å². The standard InChI is InChI=1S/C11H14NO5P/c1-2-16-10(13)8-12-11(18(14)15)17-9-6-4-3-5-7-9/h3-7,11-12H,2,8H2,1H3/p+1. The Morgan fingerprint density at radius 1 is 1.44 bits per heavy atom. The second-order valence-electron chi connectivity index (χ2n) is 3.27. The molecule has 98 valence electrons. The molecule has 0 radical (unpaired) electrons. The minimum Gasteiger partial charge on any atom is -0.465 e. The van der Waals surface area contributed by atoms with Gasteiger partial charge in [-0.25, -0.2) is 5.32 Å². The van der Waals surface area contributed by atoms with Gasteiger partial charge in [-0.15, -0.1) is 0 Å². The predicted octanol–water partition coefficient (Wildman–Crippen LogP) is 1.24. The van der Waals surface area contributed by atoms with E-state index in [0.29, 0.717) is 5.75 Å². The average molecular weight is 272 g/mol. The van der Waals surface area contributed by atoms with Gasteiger partial charge in [0.25, 0.3) is 0 Å². The minimum atomic E-state index is -2.62. The third-order valence-corrected chi connectivity index (χ3v) is 2.61. The Morgan fingerprint density at radius 3 is 2.67 bits per heavy atom. The van der Waals surface area contributed by atoms with Crippen LogP contribution in [0.4, 0.5) is 0 Å². The van der Waals surface area contributed by atoms with Crippen LogP contribution in [0.5, 0.6) is 5.75 Å². The van der Waals surface area contributed by atoms with Crippen molar-refractivity contribution in [3.63, 3.8) is 0 Å².